The van der Waals surface area contributed by atoms with E-state index in [-0.39, 0.29) is 17.6 Å². The highest BCUT2D eigenvalue weighted by atomic mass is 32.1. The number of pyridine rings is 1. The molecule has 3 aliphatic rings. The SMILES string of the molecule is CC1C(NC(=O)c2cnc(-c3ncccc3F)s2)C2CCN1CC2. The molecule has 2 aromatic rings. The Morgan fingerprint density at radius 2 is 2.17 bits per heavy atom. The molecule has 0 spiro atoms. The molecule has 0 aromatic carbocycles. The first-order valence-corrected chi connectivity index (χ1v) is 9.07. The molecule has 2 bridgehead atoms. The van der Waals surface area contributed by atoms with Gasteiger partial charge in [-0.2, -0.15) is 0 Å². The van der Waals surface area contributed by atoms with E-state index in [1.54, 1.807) is 0 Å². The molecule has 1 N–H and O–H groups in total. The fraction of sp³-hybridized carbons (Fsp3) is 0.471. The van der Waals surface area contributed by atoms with Crippen molar-refractivity contribution in [2.24, 2.45) is 5.92 Å². The highest BCUT2D eigenvalue weighted by Gasteiger charge is 2.40. The lowest BCUT2D eigenvalue weighted by molar-refractivity contribution is 0.0218. The van der Waals surface area contributed by atoms with Gasteiger partial charge in [-0.15, -0.1) is 11.3 Å². The van der Waals surface area contributed by atoms with Crippen LogP contribution in [-0.2, 0) is 0 Å². The molecule has 0 aliphatic carbocycles. The van der Waals surface area contributed by atoms with Crippen LogP contribution in [0.15, 0.2) is 24.5 Å². The number of nitrogens with one attached hydrogen (secondary N) is 1. The van der Waals surface area contributed by atoms with E-state index in [1.165, 1.54) is 35.9 Å². The largest absolute Gasteiger partial charge is 0.347 e. The van der Waals surface area contributed by atoms with Gasteiger partial charge in [0, 0.05) is 18.3 Å². The third-order valence-corrected chi connectivity index (χ3v) is 6.17. The average Bonchev–Trinajstić information content (AvgIpc) is 3.09. The number of rotatable bonds is 3. The van der Waals surface area contributed by atoms with Crippen LogP contribution < -0.4 is 5.32 Å². The minimum absolute atomic E-state index is 0.124. The van der Waals surface area contributed by atoms with Crippen molar-refractivity contribution in [3.63, 3.8) is 0 Å². The number of hydrogen-bond donors (Lipinski definition) is 1. The Hall–Kier alpha value is -1.86. The van der Waals surface area contributed by atoms with E-state index in [1.807, 2.05) is 0 Å². The number of nitrogens with zero attached hydrogens (tertiary/aromatic N) is 3. The Balaban J connectivity index is 1.51. The van der Waals surface area contributed by atoms with Crippen molar-refractivity contribution in [2.45, 2.75) is 31.8 Å². The van der Waals surface area contributed by atoms with Crippen LogP contribution in [0, 0.1) is 11.7 Å². The molecule has 7 heteroatoms. The molecule has 0 radical (unpaired) electrons. The van der Waals surface area contributed by atoms with E-state index in [0.29, 0.717) is 21.8 Å². The summed E-state index contributed by atoms with van der Waals surface area (Å²) in [5.41, 5.74) is 0.192. The van der Waals surface area contributed by atoms with Crippen LogP contribution in [0.3, 0.4) is 0 Å². The van der Waals surface area contributed by atoms with E-state index < -0.39 is 5.82 Å². The standard InChI is InChI=1S/C17H19FN4OS/c1-10-14(11-4-7-22(10)8-5-11)21-16(23)13-9-20-17(24-13)15-12(18)3-2-6-19-15/h2-3,6,9-11,14H,4-5,7-8H2,1H3,(H,21,23). The van der Waals surface area contributed by atoms with E-state index in [2.05, 4.69) is 27.1 Å². The zero-order valence-electron chi connectivity index (χ0n) is 13.4. The first-order valence-electron chi connectivity index (χ1n) is 8.25. The van der Waals surface area contributed by atoms with Crippen molar-refractivity contribution in [1.29, 1.82) is 0 Å². The molecule has 3 fully saturated rings. The number of carbonyl (C=O) groups excluding carboxylic acids is 1. The number of piperidine rings is 3. The zero-order valence-corrected chi connectivity index (χ0v) is 14.2. The third kappa shape index (κ3) is 2.71. The normalized spacial score (nSPS) is 28.8. The summed E-state index contributed by atoms with van der Waals surface area (Å²) in [4.78, 5) is 23.7. The first-order chi connectivity index (χ1) is 11.6. The fourth-order valence-electron chi connectivity index (χ4n) is 3.80. The molecule has 0 saturated carbocycles. The number of amides is 1. The van der Waals surface area contributed by atoms with Gasteiger partial charge < -0.3 is 5.32 Å². The van der Waals surface area contributed by atoms with Crippen LogP contribution in [0.1, 0.15) is 29.4 Å². The summed E-state index contributed by atoms with van der Waals surface area (Å²) in [6.07, 6.45) is 5.31. The van der Waals surface area contributed by atoms with E-state index in [9.17, 15) is 9.18 Å². The van der Waals surface area contributed by atoms with Gasteiger partial charge in [0.05, 0.1) is 6.20 Å². The first kappa shape index (κ1) is 15.7. The minimum atomic E-state index is -0.426. The summed E-state index contributed by atoms with van der Waals surface area (Å²) >= 11 is 1.18. The van der Waals surface area contributed by atoms with Gasteiger partial charge in [0.1, 0.15) is 15.6 Å². The monoisotopic (exact) mass is 346 g/mol. The average molecular weight is 346 g/mol. The van der Waals surface area contributed by atoms with Crippen LogP contribution in [0.2, 0.25) is 0 Å². The quantitative estimate of drug-likeness (QED) is 0.928. The summed E-state index contributed by atoms with van der Waals surface area (Å²) < 4.78 is 13.8. The number of halogens is 1. The number of hydrogen-bond acceptors (Lipinski definition) is 5. The Bertz CT molecular complexity index is 755. The third-order valence-electron chi connectivity index (χ3n) is 5.17. The minimum Gasteiger partial charge on any atom is -0.347 e. The summed E-state index contributed by atoms with van der Waals surface area (Å²) in [7, 11) is 0. The van der Waals surface area contributed by atoms with Crippen LogP contribution in [-0.4, -0.2) is 45.9 Å². The lowest BCUT2D eigenvalue weighted by atomic mass is 9.79. The molecule has 3 saturated heterocycles. The van der Waals surface area contributed by atoms with Crippen molar-refractivity contribution in [3.05, 3.63) is 35.2 Å². The number of aromatic nitrogens is 2. The maximum atomic E-state index is 13.8. The summed E-state index contributed by atoms with van der Waals surface area (Å²) in [5.74, 6) is 0.0000799. The molecule has 2 aromatic heterocycles. The van der Waals surface area contributed by atoms with Crippen LogP contribution in [0.4, 0.5) is 4.39 Å². The second kappa shape index (κ2) is 6.22. The van der Waals surface area contributed by atoms with Gasteiger partial charge in [-0.3, -0.25) is 14.7 Å². The second-order valence-corrected chi connectivity index (χ2v) is 7.51. The molecular weight excluding hydrogens is 327 g/mol. The smallest absolute Gasteiger partial charge is 0.263 e. The molecule has 5 rings (SSSR count). The molecule has 5 heterocycles. The molecule has 2 unspecified atom stereocenters. The predicted molar refractivity (Wildman–Crippen MR) is 90.3 cm³/mol. The van der Waals surface area contributed by atoms with Crippen LogP contribution in [0.5, 0.6) is 0 Å². The summed E-state index contributed by atoms with van der Waals surface area (Å²) in [6.45, 7) is 4.43. The topological polar surface area (TPSA) is 58.1 Å². The van der Waals surface area contributed by atoms with Gasteiger partial charge in [0.25, 0.3) is 5.91 Å². The summed E-state index contributed by atoms with van der Waals surface area (Å²) in [5, 5.41) is 3.60. The van der Waals surface area contributed by atoms with E-state index in [4.69, 9.17) is 0 Å². The van der Waals surface area contributed by atoms with Crippen molar-refractivity contribution in [1.82, 2.24) is 20.2 Å². The Kier molecular flexibility index (Phi) is 4.05. The van der Waals surface area contributed by atoms with Crippen molar-refractivity contribution < 1.29 is 9.18 Å². The fourth-order valence-corrected chi connectivity index (χ4v) is 4.62. The molecule has 24 heavy (non-hydrogen) atoms. The van der Waals surface area contributed by atoms with E-state index >= 15 is 0 Å². The van der Waals surface area contributed by atoms with Crippen molar-refractivity contribution in [3.8, 4) is 10.7 Å². The van der Waals surface area contributed by atoms with Crippen LogP contribution >= 0.6 is 11.3 Å². The predicted octanol–water partition coefficient (Wildman–Crippen LogP) is 2.56. The number of fused-ring (bicyclic) bond motifs is 3. The molecule has 5 nitrogen and oxygen atoms in total. The summed E-state index contributed by atoms with van der Waals surface area (Å²) in [6, 6.07) is 3.42. The van der Waals surface area contributed by atoms with Gasteiger partial charge >= 0.3 is 0 Å². The Labute approximate surface area is 143 Å². The molecule has 3 aliphatic heterocycles. The van der Waals surface area contributed by atoms with Crippen LogP contribution in [0.25, 0.3) is 10.7 Å². The van der Waals surface area contributed by atoms with Gasteiger partial charge in [-0.05, 0) is 50.9 Å². The van der Waals surface area contributed by atoms with Gasteiger partial charge in [-0.25, -0.2) is 9.37 Å². The highest BCUT2D eigenvalue weighted by molar-refractivity contribution is 7.16. The highest BCUT2D eigenvalue weighted by Crippen LogP contribution is 2.32. The maximum absolute atomic E-state index is 13.8. The molecule has 2 atom stereocenters. The second-order valence-electron chi connectivity index (χ2n) is 6.48. The molecular formula is C17H19FN4OS. The molecule has 126 valence electrons. The zero-order chi connectivity index (χ0) is 16.7. The molecule has 1 amide bonds. The number of carbonyl (C=O) groups is 1. The lowest BCUT2D eigenvalue weighted by Gasteiger charge is -2.49. The van der Waals surface area contributed by atoms with E-state index in [0.717, 1.165) is 25.9 Å². The Morgan fingerprint density at radius 3 is 2.88 bits per heavy atom. The van der Waals surface area contributed by atoms with Gasteiger partial charge in [-0.1, -0.05) is 0 Å². The lowest BCUT2D eigenvalue weighted by Crippen LogP contribution is -2.62. The van der Waals surface area contributed by atoms with Gasteiger partial charge in [0.15, 0.2) is 5.82 Å². The van der Waals surface area contributed by atoms with Crippen molar-refractivity contribution >= 4 is 17.2 Å². The maximum Gasteiger partial charge on any atom is 0.263 e. The Morgan fingerprint density at radius 1 is 1.38 bits per heavy atom. The van der Waals surface area contributed by atoms with Crippen molar-refractivity contribution in [2.75, 3.05) is 13.1 Å². The number of thiazole rings is 1. The van der Waals surface area contributed by atoms with Gasteiger partial charge in [0.2, 0.25) is 0 Å².